The third kappa shape index (κ3) is 4.10. The molecule has 0 bridgehead atoms. The minimum absolute atomic E-state index is 0.198. The number of carbonyl (C=O) groups excluding carboxylic acids is 1. The topological polar surface area (TPSA) is 49.6 Å². The molecule has 0 atom stereocenters. The van der Waals surface area contributed by atoms with Crippen LogP contribution in [0.15, 0.2) is 0 Å². The van der Waals surface area contributed by atoms with Crippen LogP contribution in [0.2, 0.25) is 0 Å². The van der Waals surface area contributed by atoms with Gasteiger partial charge >= 0.3 is 0 Å². The lowest BCUT2D eigenvalue weighted by Gasteiger charge is -2.29. The number of amides is 1. The summed E-state index contributed by atoms with van der Waals surface area (Å²) in [5.41, 5.74) is 5.54. The first-order chi connectivity index (χ1) is 7.65. The molecule has 0 unspecified atom stereocenters. The van der Waals surface area contributed by atoms with E-state index in [1.807, 2.05) is 14.1 Å². The summed E-state index contributed by atoms with van der Waals surface area (Å²) >= 11 is 0. The second-order valence-electron chi connectivity index (χ2n) is 4.84. The van der Waals surface area contributed by atoms with Crippen molar-refractivity contribution in [1.82, 2.24) is 9.80 Å². The lowest BCUT2D eigenvalue weighted by Crippen LogP contribution is -2.42. The summed E-state index contributed by atoms with van der Waals surface area (Å²) in [5, 5.41) is 0. The Morgan fingerprint density at radius 2 is 1.94 bits per heavy atom. The minimum Gasteiger partial charge on any atom is -0.348 e. The Hall–Kier alpha value is -0.610. The normalized spacial score (nSPS) is 17.0. The van der Waals surface area contributed by atoms with Gasteiger partial charge in [-0.2, -0.15) is 0 Å². The highest BCUT2D eigenvalue weighted by Crippen LogP contribution is 2.23. The highest BCUT2D eigenvalue weighted by Gasteiger charge is 2.24. The maximum Gasteiger partial charge on any atom is 0.236 e. The molecule has 1 fully saturated rings. The molecule has 0 radical (unpaired) electrons. The van der Waals surface area contributed by atoms with Gasteiger partial charge in [-0.1, -0.05) is 12.8 Å². The maximum atomic E-state index is 11.7. The predicted molar refractivity (Wildman–Crippen MR) is 66.2 cm³/mol. The van der Waals surface area contributed by atoms with Crippen LogP contribution in [0, 0.1) is 0 Å². The van der Waals surface area contributed by atoms with Crippen LogP contribution >= 0.6 is 0 Å². The summed E-state index contributed by atoms with van der Waals surface area (Å²) in [7, 11) is 3.64. The number of nitrogens with two attached hydrogens (primary N) is 1. The number of rotatable bonds is 6. The zero-order chi connectivity index (χ0) is 12.0. The van der Waals surface area contributed by atoms with E-state index >= 15 is 0 Å². The lowest BCUT2D eigenvalue weighted by molar-refractivity contribution is -0.130. The van der Waals surface area contributed by atoms with E-state index in [-0.39, 0.29) is 5.91 Å². The van der Waals surface area contributed by atoms with Crippen molar-refractivity contribution in [3.8, 4) is 0 Å². The Balaban J connectivity index is 2.45. The van der Waals surface area contributed by atoms with Gasteiger partial charge in [-0.05, 0) is 25.8 Å². The van der Waals surface area contributed by atoms with E-state index < -0.39 is 0 Å². The van der Waals surface area contributed by atoms with Crippen molar-refractivity contribution in [3.05, 3.63) is 0 Å². The first-order valence-corrected chi connectivity index (χ1v) is 6.29. The molecule has 1 aliphatic carbocycles. The number of carbonyl (C=O) groups is 1. The molecule has 0 heterocycles. The van der Waals surface area contributed by atoms with Gasteiger partial charge < -0.3 is 10.6 Å². The summed E-state index contributed by atoms with van der Waals surface area (Å²) in [6.07, 6.45) is 6.08. The molecule has 0 spiro atoms. The Labute approximate surface area is 98.8 Å². The fourth-order valence-corrected chi connectivity index (χ4v) is 2.27. The molecular formula is C12H25N3O. The molecule has 1 rings (SSSR count). The zero-order valence-electron chi connectivity index (χ0n) is 10.6. The van der Waals surface area contributed by atoms with Gasteiger partial charge in [0.2, 0.25) is 5.91 Å². The van der Waals surface area contributed by atoms with Crippen molar-refractivity contribution in [2.75, 3.05) is 33.7 Å². The van der Waals surface area contributed by atoms with E-state index in [1.165, 1.54) is 25.7 Å². The maximum absolute atomic E-state index is 11.7. The number of hydrogen-bond donors (Lipinski definition) is 1. The SMILES string of the molecule is CN(C)C(=O)CN(CCCN)C1CCCC1. The van der Waals surface area contributed by atoms with Crippen LogP contribution in [-0.4, -0.2) is 55.5 Å². The Morgan fingerprint density at radius 3 is 2.44 bits per heavy atom. The first kappa shape index (κ1) is 13.5. The minimum atomic E-state index is 0.198. The molecule has 16 heavy (non-hydrogen) atoms. The average molecular weight is 227 g/mol. The standard InChI is InChI=1S/C12H25N3O/c1-14(2)12(16)10-15(9-5-8-13)11-6-3-4-7-11/h11H,3-10,13H2,1-2H3. The molecule has 0 aliphatic heterocycles. The highest BCUT2D eigenvalue weighted by molar-refractivity contribution is 5.77. The van der Waals surface area contributed by atoms with Crippen LogP contribution in [0.5, 0.6) is 0 Å². The second kappa shape index (κ2) is 6.86. The van der Waals surface area contributed by atoms with E-state index in [0.717, 1.165) is 13.0 Å². The van der Waals surface area contributed by atoms with E-state index in [2.05, 4.69) is 4.90 Å². The van der Waals surface area contributed by atoms with Crippen molar-refractivity contribution in [3.63, 3.8) is 0 Å². The third-order valence-electron chi connectivity index (χ3n) is 3.33. The largest absolute Gasteiger partial charge is 0.348 e. The predicted octanol–water partition coefficient (Wildman–Crippen LogP) is 0.668. The molecule has 1 amide bonds. The molecule has 94 valence electrons. The quantitative estimate of drug-likeness (QED) is 0.725. The molecule has 4 nitrogen and oxygen atoms in total. The second-order valence-corrected chi connectivity index (χ2v) is 4.84. The van der Waals surface area contributed by atoms with Crippen LogP contribution in [-0.2, 0) is 4.79 Å². The molecule has 0 aromatic carbocycles. The first-order valence-electron chi connectivity index (χ1n) is 6.29. The third-order valence-corrected chi connectivity index (χ3v) is 3.33. The van der Waals surface area contributed by atoms with E-state index in [4.69, 9.17) is 5.73 Å². The number of nitrogens with zero attached hydrogens (tertiary/aromatic N) is 2. The Bertz CT molecular complexity index is 212. The molecule has 2 N–H and O–H groups in total. The Kier molecular flexibility index (Phi) is 5.77. The number of hydrogen-bond acceptors (Lipinski definition) is 3. The summed E-state index contributed by atoms with van der Waals surface area (Å²) in [5.74, 6) is 0.198. The fourth-order valence-electron chi connectivity index (χ4n) is 2.27. The molecule has 1 saturated carbocycles. The molecule has 0 aromatic rings. The van der Waals surface area contributed by atoms with Crippen molar-refractivity contribution < 1.29 is 4.79 Å². The van der Waals surface area contributed by atoms with Crippen molar-refractivity contribution in [2.24, 2.45) is 5.73 Å². The smallest absolute Gasteiger partial charge is 0.236 e. The fraction of sp³-hybridized carbons (Fsp3) is 0.917. The van der Waals surface area contributed by atoms with Crippen LogP contribution in [0.1, 0.15) is 32.1 Å². The number of likely N-dealkylation sites (N-methyl/N-ethyl adjacent to an activating group) is 1. The van der Waals surface area contributed by atoms with Gasteiger partial charge in [-0.3, -0.25) is 9.69 Å². The highest BCUT2D eigenvalue weighted by atomic mass is 16.2. The van der Waals surface area contributed by atoms with Crippen LogP contribution in [0.3, 0.4) is 0 Å². The molecule has 0 aromatic heterocycles. The van der Waals surface area contributed by atoms with E-state index in [0.29, 0.717) is 19.1 Å². The van der Waals surface area contributed by atoms with Gasteiger partial charge in [0, 0.05) is 26.7 Å². The summed E-state index contributed by atoms with van der Waals surface area (Å²) in [6, 6.07) is 0.607. The van der Waals surface area contributed by atoms with Crippen LogP contribution < -0.4 is 5.73 Å². The van der Waals surface area contributed by atoms with E-state index in [1.54, 1.807) is 4.90 Å². The van der Waals surface area contributed by atoms with E-state index in [9.17, 15) is 4.79 Å². The van der Waals surface area contributed by atoms with Gasteiger partial charge in [0.1, 0.15) is 0 Å². The molecule has 1 aliphatic rings. The van der Waals surface area contributed by atoms with Gasteiger partial charge in [-0.15, -0.1) is 0 Å². The van der Waals surface area contributed by atoms with Gasteiger partial charge in [0.25, 0.3) is 0 Å². The van der Waals surface area contributed by atoms with Crippen LogP contribution in [0.25, 0.3) is 0 Å². The monoisotopic (exact) mass is 227 g/mol. The molecule has 4 heteroatoms. The van der Waals surface area contributed by atoms with Gasteiger partial charge in [0.05, 0.1) is 6.54 Å². The van der Waals surface area contributed by atoms with Gasteiger partial charge in [-0.25, -0.2) is 0 Å². The van der Waals surface area contributed by atoms with Crippen molar-refractivity contribution in [1.29, 1.82) is 0 Å². The Morgan fingerprint density at radius 1 is 1.31 bits per heavy atom. The molecular weight excluding hydrogens is 202 g/mol. The summed E-state index contributed by atoms with van der Waals surface area (Å²) < 4.78 is 0. The summed E-state index contributed by atoms with van der Waals surface area (Å²) in [6.45, 7) is 2.22. The zero-order valence-corrected chi connectivity index (χ0v) is 10.6. The van der Waals surface area contributed by atoms with Crippen molar-refractivity contribution >= 4 is 5.91 Å². The average Bonchev–Trinajstić information content (AvgIpc) is 2.76. The summed E-state index contributed by atoms with van der Waals surface area (Å²) in [4.78, 5) is 15.7. The molecule has 0 saturated heterocycles. The lowest BCUT2D eigenvalue weighted by atomic mass is 10.2. The van der Waals surface area contributed by atoms with Crippen LogP contribution in [0.4, 0.5) is 0 Å². The van der Waals surface area contributed by atoms with Gasteiger partial charge in [0.15, 0.2) is 0 Å². The van der Waals surface area contributed by atoms with Crippen molar-refractivity contribution in [2.45, 2.75) is 38.1 Å².